The summed E-state index contributed by atoms with van der Waals surface area (Å²) in [5, 5.41) is 17.9. The molecule has 1 N–H and O–H groups in total. The van der Waals surface area contributed by atoms with E-state index in [1.807, 2.05) is 24.3 Å². The summed E-state index contributed by atoms with van der Waals surface area (Å²) in [4.78, 5) is 23.2. The zero-order valence-corrected chi connectivity index (χ0v) is 16.8. The number of anilines is 1. The highest BCUT2D eigenvalue weighted by Crippen LogP contribution is 2.29. The molecule has 1 aromatic heterocycles. The normalized spacial score (nSPS) is 13.0. The Hall–Kier alpha value is -3.07. The number of amides is 1. The molecule has 4 rings (SSSR count). The SMILES string of the molecule is O=C(Nc1cc([N+](=O)[O-])ccc1F)c1nn(-c2cccc(Br)c2)c2c1CCCC2. The molecule has 1 amide bonds. The number of nitrogens with one attached hydrogen (secondary N) is 1. The number of halogens is 2. The zero-order chi connectivity index (χ0) is 20.5. The highest BCUT2D eigenvalue weighted by molar-refractivity contribution is 9.10. The summed E-state index contributed by atoms with van der Waals surface area (Å²) >= 11 is 3.44. The summed E-state index contributed by atoms with van der Waals surface area (Å²) in [6.07, 6.45) is 3.41. The minimum Gasteiger partial charge on any atom is -0.318 e. The van der Waals surface area contributed by atoms with E-state index in [1.165, 1.54) is 0 Å². The third-order valence-electron chi connectivity index (χ3n) is 4.86. The van der Waals surface area contributed by atoms with Crippen molar-refractivity contribution in [1.29, 1.82) is 0 Å². The smallest absolute Gasteiger partial charge is 0.276 e. The molecular weight excluding hydrogens is 443 g/mol. The van der Waals surface area contributed by atoms with Crippen LogP contribution in [0.25, 0.3) is 5.69 Å². The summed E-state index contributed by atoms with van der Waals surface area (Å²) in [5.41, 5.74) is 2.27. The molecule has 1 aliphatic rings. The van der Waals surface area contributed by atoms with E-state index in [2.05, 4.69) is 26.3 Å². The average molecular weight is 459 g/mol. The van der Waals surface area contributed by atoms with Gasteiger partial charge in [-0.2, -0.15) is 5.10 Å². The standard InChI is InChI=1S/C20H16BrFN4O3/c21-12-4-3-5-13(10-12)25-18-7-2-1-6-15(18)19(24-25)20(27)23-17-11-14(26(28)29)8-9-16(17)22/h3-5,8-11H,1-2,6-7H2,(H,23,27). The van der Waals surface area contributed by atoms with Crippen LogP contribution in [0.15, 0.2) is 46.9 Å². The van der Waals surface area contributed by atoms with Crippen LogP contribution in [0, 0.1) is 15.9 Å². The maximum absolute atomic E-state index is 14.1. The lowest BCUT2D eigenvalue weighted by molar-refractivity contribution is -0.384. The van der Waals surface area contributed by atoms with E-state index in [0.717, 1.165) is 58.9 Å². The Bertz CT molecular complexity index is 1130. The number of nitro groups is 1. The first-order valence-corrected chi connectivity index (χ1v) is 9.85. The summed E-state index contributed by atoms with van der Waals surface area (Å²) in [6.45, 7) is 0. The fourth-order valence-corrected chi connectivity index (χ4v) is 3.89. The van der Waals surface area contributed by atoms with E-state index in [-0.39, 0.29) is 17.1 Å². The van der Waals surface area contributed by atoms with E-state index < -0.39 is 16.6 Å². The molecule has 7 nitrogen and oxygen atoms in total. The summed E-state index contributed by atoms with van der Waals surface area (Å²) in [6, 6.07) is 10.6. The predicted octanol–water partition coefficient (Wildman–Crippen LogP) is 4.81. The molecule has 1 heterocycles. The van der Waals surface area contributed by atoms with Crippen molar-refractivity contribution in [2.24, 2.45) is 0 Å². The molecular formula is C20H16BrFN4O3. The van der Waals surface area contributed by atoms with Gasteiger partial charge in [0, 0.05) is 27.9 Å². The Labute approximate surface area is 173 Å². The van der Waals surface area contributed by atoms with Gasteiger partial charge in [0.1, 0.15) is 5.82 Å². The van der Waals surface area contributed by atoms with E-state index in [1.54, 1.807) is 4.68 Å². The molecule has 0 saturated heterocycles. The first-order chi connectivity index (χ1) is 13.9. The van der Waals surface area contributed by atoms with Crippen molar-refractivity contribution in [2.75, 3.05) is 5.32 Å². The first-order valence-electron chi connectivity index (χ1n) is 9.06. The Morgan fingerprint density at radius 2 is 2.00 bits per heavy atom. The van der Waals surface area contributed by atoms with Gasteiger partial charge < -0.3 is 5.32 Å². The maximum atomic E-state index is 14.1. The Kier molecular flexibility index (Phi) is 5.14. The van der Waals surface area contributed by atoms with Crippen LogP contribution in [0.1, 0.15) is 34.6 Å². The fourth-order valence-electron chi connectivity index (χ4n) is 3.51. The molecule has 2 aromatic carbocycles. The molecule has 0 fully saturated rings. The van der Waals surface area contributed by atoms with Crippen LogP contribution in [0.2, 0.25) is 0 Å². The van der Waals surface area contributed by atoms with Crippen LogP contribution in [-0.4, -0.2) is 20.6 Å². The molecule has 9 heteroatoms. The number of nitro benzene ring substituents is 1. The van der Waals surface area contributed by atoms with Gasteiger partial charge in [-0.05, 0) is 49.9 Å². The Morgan fingerprint density at radius 3 is 2.76 bits per heavy atom. The van der Waals surface area contributed by atoms with Crippen LogP contribution in [0.5, 0.6) is 0 Å². The van der Waals surface area contributed by atoms with Crippen LogP contribution in [0.4, 0.5) is 15.8 Å². The number of hydrogen-bond donors (Lipinski definition) is 1. The first kappa shape index (κ1) is 19.3. The van der Waals surface area contributed by atoms with Gasteiger partial charge in [-0.15, -0.1) is 0 Å². The third kappa shape index (κ3) is 3.77. The van der Waals surface area contributed by atoms with Crippen LogP contribution in [-0.2, 0) is 12.8 Å². The van der Waals surface area contributed by atoms with E-state index in [4.69, 9.17) is 0 Å². The Balaban J connectivity index is 1.73. The second kappa shape index (κ2) is 7.75. The van der Waals surface area contributed by atoms with Gasteiger partial charge in [0.2, 0.25) is 0 Å². The molecule has 0 spiro atoms. The number of carbonyl (C=O) groups excluding carboxylic acids is 1. The van der Waals surface area contributed by atoms with Gasteiger partial charge in [0.15, 0.2) is 5.69 Å². The lowest BCUT2D eigenvalue weighted by atomic mass is 9.95. The molecule has 0 atom stereocenters. The lowest BCUT2D eigenvalue weighted by Gasteiger charge is -2.14. The summed E-state index contributed by atoms with van der Waals surface area (Å²) in [7, 11) is 0. The highest BCUT2D eigenvalue weighted by atomic mass is 79.9. The van der Waals surface area contributed by atoms with Gasteiger partial charge in [0.25, 0.3) is 11.6 Å². The minimum atomic E-state index is -0.746. The van der Waals surface area contributed by atoms with Crippen molar-refractivity contribution in [3.05, 3.63) is 79.8 Å². The maximum Gasteiger partial charge on any atom is 0.276 e. The van der Waals surface area contributed by atoms with Crippen molar-refractivity contribution in [3.8, 4) is 5.69 Å². The lowest BCUT2D eigenvalue weighted by Crippen LogP contribution is -2.16. The Morgan fingerprint density at radius 1 is 1.21 bits per heavy atom. The second-order valence-corrected chi connectivity index (χ2v) is 7.66. The topological polar surface area (TPSA) is 90.1 Å². The highest BCUT2D eigenvalue weighted by Gasteiger charge is 2.26. The van der Waals surface area contributed by atoms with Gasteiger partial charge in [-0.3, -0.25) is 14.9 Å². The number of carbonyl (C=O) groups is 1. The summed E-state index contributed by atoms with van der Waals surface area (Å²) < 4.78 is 16.7. The number of rotatable bonds is 4. The predicted molar refractivity (Wildman–Crippen MR) is 109 cm³/mol. The van der Waals surface area contributed by atoms with Crippen molar-refractivity contribution in [2.45, 2.75) is 25.7 Å². The molecule has 0 saturated carbocycles. The monoisotopic (exact) mass is 458 g/mol. The van der Waals surface area contributed by atoms with Crippen molar-refractivity contribution in [3.63, 3.8) is 0 Å². The fraction of sp³-hybridized carbons (Fsp3) is 0.200. The van der Waals surface area contributed by atoms with E-state index in [0.29, 0.717) is 6.42 Å². The second-order valence-electron chi connectivity index (χ2n) is 6.75. The van der Waals surface area contributed by atoms with E-state index in [9.17, 15) is 19.3 Å². The van der Waals surface area contributed by atoms with Crippen LogP contribution >= 0.6 is 15.9 Å². The molecule has 1 aliphatic carbocycles. The van der Waals surface area contributed by atoms with Crippen molar-refractivity contribution >= 4 is 33.2 Å². The van der Waals surface area contributed by atoms with Gasteiger partial charge >= 0.3 is 0 Å². The van der Waals surface area contributed by atoms with E-state index >= 15 is 0 Å². The van der Waals surface area contributed by atoms with Crippen molar-refractivity contribution in [1.82, 2.24) is 9.78 Å². The third-order valence-corrected chi connectivity index (χ3v) is 5.35. The van der Waals surface area contributed by atoms with Gasteiger partial charge in [-0.25, -0.2) is 9.07 Å². The van der Waals surface area contributed by atoms with Crippen molar-refractivity contribution < 1.29 is 14.1 Å². The molecule has 0 radical (unpaired) electrons. The van der Waals surface area contributed by atoms with Gasteiger partial charge in [0.05, 0.1) is 16.3 Å². The average Bonchev–Trinajstić information content (AvgIpc) is 3.09. The van der Waals surface area contributed by atoms with Gasteiger partial charge in [-0.1, -0.05) is 22.0 Å². The van der Waals surface area contributed by atoms with Crippen LogP contribution < -0.4 is 5.32 Å². The quantitative estimate of drug-likeness (QED) is 0.448. The minimum absolute atomic E-state index is 0.214. The number of nitrogens with zero attached hydrogens (tertiary/aromatic N) is 3. The number of fused-ring (bicyclic) bond motifs is 1. The molecule has 0 unspecified atom stereocenters. The molecule has 3 aromatic rings. The number of non-ortho nitro benzene ring substituents is 1. The number of hydrogen-bond acceptors (Lipinski definition) is 4. The largest absolute Gasteiger partial charge is 0.318 e. The molecule has 148 valence electrons. The van der Waals surface area contributed by atoms with Crippen LogP contribution in [0.3, 0.4) is 0 Å². The summed E-state index contributed by atoms with van der Waals surface area (Å²) in [5.74, 6) is -1.33. The number of aromatic nitrogens is 2. The molecule has 0 aliphatic heterocycles. The number of benzene rings is 2. The molecule has 0 bridgehead atoms. The molecule has 29 heavy (non-hydrogen) atoms. The zero-order valence-electron chi connectivity index (χ0n) is 15.2.